The smallest absolute Gasteiger partial charge is 0.254 e. The zero-order chi connectivity index (χ0) is 22.1. The van der Waals surface area contributed by atoms with E-state index in [1.165, 1.54) is 16.9 Å². The molecule has 0 aliphatic carbocycles. The lowest BCUT2D eigenvalue weighted by atomic mass is 9.74. The summed E-state index contributed by atoms with van der Waals surface area (Å²) >= 11 is 0. The Balaban J connectivity index is 1.38. The maximum atomic E-state index is 14.2. The van der Waals surface area contributed by atoms with Crippen molar-refractivity contribution >= 4 is 5.91 Å². The van der Waals surface area contributed by atoms with E-state index in [0.29, 0.717) is 36.7 Å². The number of aromatic nitrogens is 2. The summed E-state index contributed by atoms with van der Waals surface area (Å²) in [5.41, 5.74) is 2.12. The molecule has 166 valence electrons. The van der Waals surface area contributed by atoms with Crippen molar-refractivity contribution in [1.82, 2.24) is 15.1 Å². The van der Waals surface area contributed by atoms with Crippen LogP contribution >= 0.6 is 0 Å². The molecule has 0 bridgehead atoms. The molecule has 2 aromatic carbocycles. The number of nitrogens with one attached hydrogen (secondary N) is 1. The van der Waals surface area contributed by atoms with E-state index in [4.69, 9.17) is 14.2 Å². The lowest BCUT2D eigenvalue weighted by Gasteiger charge is -2.38. The van der Waals surface area contributed by atoms with Gasteiger partial charge >= 0.3 is 0 Å². The monoisotopic (exact) mass is 437 g/mol. The van der Waals surface area contributed by atoms with Gasteiger partial charge < -0.3 is 19.5 Å². The van der Waals surface area contributed by atoms with Gasteiger partial charge in [0.1, 0.15) is 11.5 Å². The largest absolute Gasteiger partial charge is 0.454 e. The van der Waals surface area contributed by atoms with Gasteiger partial charge in [0.2, 0.25) is 6.79 Å². The van der Waals surface area contributed by atoms with E-state index >= 15 is 0 Å². The molecule has 0 unspecified atom stereocenters. The van der Waals surface area contributed by atoms with Gasteiger partial charge in [-0.05, 0) is 49.6 Å². The van der Waals surface area contributed by atoms with Crippen LogP contribution in [0.2, 0.25) is 0 Å². The van der Waals surface area contributed by atoms with E-state index < -0.39 is 5.82 Å². The summed E-state index contributed by atoms with van der Waals surface area (Å²) in [6, 6.07) is 12.3. The SMILES string of the molecule is Cc1c(C(=O)NCC2(c3ccc4c(c3)OCO4)CCOCC2)cnn1-c1ccccc1F. The first-order valence-electron chi connectivity index (χ1n) is 10.6. The average Bonchev–Trinajstić information content (AvgIpc) is 3.44. The van der Waals surface area contributed by atoms with E-state index in [2.05, 4.69) is 10.4 Å². The molecule has 1 saturated heterocycles. The van der Waals surface area contributed by atoms with Crippen molar-refractivity contribution in [2.24, 2.45) is 0 Å². The molecule has 32 heavy (non-hydrogen) atoms. The number of carbonyl (C=O) groups is 1. The van der Waals surface area contributed by atoms with Gasteiger partial charge in [0.15, 0.2) is 11.5 Å². The summed E-state index contributed by atoms with van der Waals surface area (Å²) in [6.45, 7) is 3.66. The maximum absolute atomic E-state index is 14.2. The fraction of sp³-hybridized carbons (Fsp3) is 0.333. The second-order valence-electron chi connectivity index (χ2n) is 8.15. The van der Waals surface area contributed by atoms with Crippen LogP contribution < -0.4 is 14.8 Å². The summed E-state index contributed by atoms with van der Waals surface area (Å²) < 4.78 is 32.2. The van der Waals surface area contributed by atoms with E-state index in [1.807, 2.05) is 18.2 Å². The van der Waals surface area contributed by atoms with Crippen molar-refractivity contribution in [3.63, 3.8) is 0 Å². The van der Waals surface area contributed by atoms with E-state index in [1.54, 1.807) is 25.1 Å². The normalized spacial score (nSPS) is 16.7. The predicted molar refractivity (Wildman–Crippen MR) is 115 cm³/mol. The van der Waals surface area contributed by atoms with Crippen molar-refractivity contribution in [2.45, 2.75) is 25.2 Å². The minimum Gasteiger partial charge on any atom is -0.454 e. The fourth-order valence-corrected chi connectivity index (χ4v) is 4.40. The Morgan fingerprint density at radius 3 is 2.75 bits per heavy atom. The number of para-hydroxylation sites is 1. The van der Waals surface area contributed by atoms with Crippen LogP contribution in [0, 0.1) is 12.7 Å². The van der Waals surface area contributed by atoms with E-state index in [9.17, 15) is 9.18 Å². The van der Waals surface area contributed by atoms with Crippen molar-refractivity contribution in [3.05, 3.63) is 71.3 Å². The lowest BCUT2D eigenvalue weighted by molar-refractivity contribution is 0.0486. The molecule has 0 atom stereocenters. The van der Waals surface area contributed by atoms with Crippen molar-refractivity contribution < 1.29 is 23.4 Å². The standard InChI is InChI=1S/C24H24FN3O4/c1-16-18(13-27-28(16)20-5-3-2-4-19(20)25)23(29)26-14-24(8-10-30-11-9-24)17-6-7-21-22(12-17)32-15-31-21/h2-7,12-13H,8-11,14-15H2,1H3,(H,26,29). The van der Waals surface area contributed by atoms with Gasteiger partial charge in [-0.15, -0.1) is 0 Å². The summed E-state index contributed by atoms with van der Waals surface area (Å²) in [5.74, 6) is 0.823. The third kappa shape index (κ3) is 3.60. The van der Waals surface area contributed by atoms with Crippen molar-refractivity contribution in [2.75, 3.05) is 26.6 Å². The Kier molecular flexibility index (Phi) is 5.30. The predicted octanol–water partition coefficient (Wildman–Crippen LogP) is 3.53. The second-order valence-corrected chi connectivity index (χ2v) is 8.15. The minimum atomic E-state index is -0.394. The molecule has 1 amide bonds. The molecule has 5 rings (SSSR count). The highest BCUT2D eigenvalue weighted by Gasteiger charge is 2.36. The zero-order valence-corrected chi connectivity index (χ0v) is 17.8. The molecule has 0 radical (unpaired) electrons. The number of carbonyl (C=O) groups excluding carboxylic acids is 1. The van der Waals surface area contributed by atoms with Crippen LogP contribution in [0.25, 0.3) is 5.69 Å². The number of benzene rings is 2. The van der Waals surface area contributed by atoms with Crippen molar-refractivity contribution in [1.29, 1.82) is 0 Å². The zero-order valence-electron chi connectivity index (χ0n) is 17.8. The van der Waals surface area contributed by atoms with Gasteiger partial charge in [-0.3, -0.25) is 4.79 Å². The summed E-state index contributed by atoms with van der Waals surface area (Å²) in [5, 5.41) is 7.33. The summed E-state index contributed by atoms with van der Waals surface area (Å²) in [7, 11) is 0. The average molecular weight is 437 g/mol. The van der Waals surface area contributed by atoms with Gasteiger partial charge in [0, 0.05) is 25.2 Å². The van der Waals surface area contributed by atoms with Gasteiger partial charge in [0.25, 0.3) is 5.91 Å². The number of nitrogens with zero attached hydrogens (tertiary/aromatic N) is 2. The lowest BCUT2D eigenvalue weighted by Crippen LogP contribution is -2.44. The highest BCUT2D eigenvalue weighted by atomic mass is 19.1. The molecular formula is C24H24FN3O4. The number of hydrogen-bond acceptors (Lipinski definition) is 5. The van der Waals surface area contributed by atoms with E-state index in [-0.39, 0.29) is 18.1 Å². The highest BCUT2D eigenvalue weighted by molar-refractivity contribution is 5.95. The van der Waals surface area contributed by atoms with Crippen LogP contribution in [-0.2, 0) is 10.2 Å². The molecule has 0 spiro atoms. The Morgan fingerprint density at radius 1 is 1.16 bits per heavy atom. The molecule has 1 fully saturated rings. The van der Waals surface area contributed by atoms with E-state index in [0.717, 1.165) is 29.9 Å². The molecule has 0 saturated carbocycles. The van der Waals surface area contributed by atoms with Crippen LogP contribution in [0.15, 0.2) is 48.7 Å². The number of fused-ring (bicyclic) bond motifs is 1. The van der Waals surface area contributed by atoms with Gasteiger partial charge in [-0.25, -0.2) is 9.07 Å². The number of hydrogen-bond donors (Lipinski definition) is 1. The van der Waals surface area contributed by atoms with Crippen molar-refractivity contribution in [3.8, 4) is 17.2 Å². The molecule has 2 aliphatic heterocycles. The number of ether oxygens (including phenoxy) is 3. The third-order valence-corrected chi connectivity index (χ3v) is 6.36. The molecule has 1 aromatic heterocycles. The third-order valence-electron chi connectivity index (χ3n) is 6.36. The summed E-state index contributed by atoms with van der Waals surface area (Å²) in [4.78, 5) is 13.1. The van der Waals surface area contributed by atoms with Crippen LogP contribution in [0.4, 0.5) is 4.39 Å². The number of rotatable bonds is 5. The summed E-state index contributed by atoms with van der Waals surface area (Å²) in [6.07, 6.45) is 3.04. The Morgan fingerprint density at radius 2 is 1.94 bits per heavy atom. The first kappa shape index (κ1) is 20.5. The molecule has 1 N–H and O–H groups in total. The molecular weight excluding hydrogens is 413 g/mol. The minimum absolute atomic E-state index is 0.219. The van der Waals surface area contributed by atoms with Crippen LogP contribution in [0.3, 0.4) is 0 Å². The molecule has 2 aliphatic rings. The quantitative estimate of drug-likeness (QED) is 0.661. The second kappa shape index (κ2) is 8.27. The molecule has 3 heterocycles. The molecule has 3 aromatic rings. The number of halogens is 1. The first-order chi connectivity index (χ1) is 15.6. The Labute approximate surface area is 185 Å². The van der Waals surface area contributed by atoms with Crippen LogP contribution in [-0.4, -0.2) is 42.2 Å². The van der Waals surface area contributed by atoms with Gasteiger partial charge in [-0.2, -0.15) is 5.10 Å². The van der Waals surface area contributed by atoms with Gasteiger partial charge in [0.05, 0.1) is 17.5 Å². The van der Waals surface area contributed by atoms with Gasteiger partial charge in [-0.1, -0.05) is 18.2 Å². The molecule has 8 heteroatoms. The van der Waals surface area contributed by atoms with Crippen LogP contribution in [0.5, 0.6) is 11.5 Å². The topological polar surface area (TPSA) is 74.6 Å². The maximum Gasteiger partial charge on any atom is 0.254 e. The molecule has 7 nitrogen and oxygen atoms in total. The Hall–Kier alpha value is -3.39. The highest BCUT2D eigenvalue weighted by Crippen LogP contribution is 2.40. The van der Waals surface area contributed by atoms with Crippen LogP contribution in [0.1, 0.15) is 34.5 Å². The Bertz CT molecular complexity index is 1150. The first-order valence-corrected chi connectivity index (χ1v) is 10.6. The number of amides is 1. The fourth-order valence-electron chi connectivity index (χ4n) is 4.40.